The number of benzene rings is 1. The van der Waals surface area contributed by atoms with E-state index in [9.17, 15) is 0 Å². The molecular weight excluding hydrogens is 238 g/mol. The van der Waals surface area contributed by atoms with Crippen LogP contribution in [0.15, 0.2) is 28.7 Å². The monoisotopic (exact) mass is 251 g/mol. The number of nitrogens with two attached hydrogens (primary N) is 1. The first-order valence-electron chi connectivity index (χ1n) is 4.99. The van der Waals surface area contributed by atoms with Gasteiger partial charge in [-0.05, 0) is 48.1 Å². The van der Waals surface area contributed by atoms with Crippen LogP contribution in [0.2, 0.25) is 0 Å². The molecule has 74 valence electrons. The Morgan fingerprint density at radius 3 is 3.00 bits per heavy atom. The Kier molecular flexibility index (Phi) is 3.04. The first-order valence-corrected chi connectivity index (χ1v) is 5.78. The van der Waals surface area contributed by atoms with Gasteiger partial charge in [-0.15, -0.1) is 0 Å². The largest absolute Gasteiger partial charge is 0.327 e. The highest BCUT2D eigenvalue weighted by Crippen LogP contribution is 2.32. The first-order chi connectivity index (χ1) is 6.81. The average molecular weight is 252 g/mol. The van der Waals surface area contributed by atoms with Crippen LogP contribution in [0.3, 0.4) is 0 Å². The van der Waals surface area contributed by atoms with Gasteiger partial charge in [0.2, 0.25) is 0 Å². The maximum atomic E-state index is 5.57. The van der Waals surface area contributed by atoms with E-state index in [1.54, 1.807) is 0 Å². The van der Waals surface area contributed by atoms with E-state index in [2.05, 4.69) is 40.2 Å². The number of allylic oxidation sites excluding steroid dienone is 1. The highest BCUT2D eigenvalue weighted by atomic mass is 79.9. The summed E-state index contributed by atoms with van der Waals surface area (Å²) in [5.74, 6) is 0. The summed E-state index contributed by atoms with van der Waals surface area (Å²) in [5, 5.41) is 0. The van der Waals surface area contributed by atoms with Gasteiger partial charge in [0.15, 0.2) is 0 Å². The van der Waals surface area contributed by atoms with Gasteiger partial charge < -0.3 is 5.73 Å². The summed E-state index contributed by atoms with van der Waals surface area (Å²) in [7, 11) is 0. The van der Waals surface area contributed by atoms with Crippen LogP contribution in [-0.4, -0.2) is 6.54 Å². The van der Waals surface area contributed by atoms with Crippen molar-refractivity contribution >= 4 is 21.5 Å². The summed E-state index contributed by atoms with van der Waals surface area (Å²) in [5.41, 5.74) is 9.82. The minimum absolute atomic E-state index is 0.640. The van der Waals surface area contributed by atoms with Crippen molar-refractivity contribution in [3.63, 3.8) is 0 Å². The van der Waals surface area contributed by atoms with Gasteiger partial charge in [-0.25, -0.2) is 0 Å². The minimum atomic E-state index is 0.640. The molecule has 0 fully saturated rings. The Morgan fingerprint density at radius 2 is 2.21 bits per heavy atom. The lowest BCUT2D eigenvalue weighted by atomic mass is 9.87. The molecule has 1 aromatic carbocycles. The zero-order chi connectivity index (χ0) is 9.97. The van der Waals surface area contributed by atoms with Crippen LogP contribution in [0.4, 0.5) is 0 Å². The molecule has 0 radical (unpaired) electrons. The summed E-state index contributed by atoms with van der Waals surface area (Å²) in [6.45, 7) is 0.640. The fourth-order valence-corrected chi connectivity index (χ4v) is 2.38. The summed E-state index contributed by atoms with van der Waals surface area (Å²) in [6.07, 6.45) is 5.76. The van der Waals surface area contributed by atoms with Crippen LogP contribution in [0.1, 0.15) is 24.0 Å². The average Bonchev–Trinajstić information content (AvgIpc) is 2.19. The molecule has 1 nitrogen and oxygen atoms in total. The van der Waals surface area contributed by atoms with Crippen molar-refractivity contribution in [2.45, 2.75) is 19.3 Å². The number of aryl methyl sites for hydroxylation is 1. The van der Waals surface area contributed by atoms with Gasteiger partial charge in [0.05, 0.1) is 0 Å². The van der Waals surface area contributed by atoms with E-state index < -0.39 is 0 Å². The van der Waals surface area contributed by atoms with E-state index in [0.717, 1.165) is 4.47 Å². The third-order valence-electron chi connectivity index (χ3n) is 2.67. The van der Waals surface area contributed by atoms with Gasteiger partial charge in [0.1, 0.15) is 0 Å². The lowest BCUT2D eigenvalue weighted by molar-refractivity contribution is 0.820. The molecule has 1 aromatic rings. The van der Waals surface area contributed by atoms with Crippen LogP contribution >= 0.6 is 15.9 Å². The number of halogens is 1. The molecular formula is C12H14BrN. The normalized spacial score (nSPS) is 18.3. The van der Waals surface area contributed by atoms with Crippen LogP contribution in [0.25, 0.3) is 5.57 Å². The van der Waals surface area contributed by atoms with Gasteiger partial charge in [-0.2, -0.15) is 0 Å². The highest BCUT2D eigenvalue weighted by Gasteiger charge is 2.13. The van der Waals surface area contributed by atoms with Crippen molar-refractivity contribution in [3.8, 4) is 0 Å². The zero-order valence-electron chi connectivity index (χ0n) is 8.09. The summed E-state index contributed by atoms with van der Waals surface area (Å²) in [4.78, 5) is 0. The maximum Gasteiger partial charge on any atom is 0.0181 e. The van der Waals surface area contributed by atoms with E-state index >= 15 is 0 Å². The molecule has 0 saturated heterocycles. The van der Waals surface area contributed by atoms with Gasteiger partial charge in [-0.3, -0.25) is 0 Å². The van der Waals surface area contributed by atoms with Gasteiger partial charge >= 0.3 is 0 Å². The van der Waals surface area contributed by atoms with E-state index in [4.69, 9.17) is 5.73 Å². The van der Waals surface area contributed by atoms with Crippen molar-refractivity contribution in [3.05, 3.63) is 39.9 Å². The molecule has 0 saturated carbocycles. The molecule has 14 heavy (non-hydrogen) atoms. The molecule has 0 bridgehead atoms. The van der Waals surface area contributed by atoms with Crippen LogP contribution < -0.4 is 5.73 Å². The second-order valence-corrected chi connectivity index (χ2v) is 4.54. The third kappa shape index (κ3) is 1.91. The van der Waals surface area contributed by atoms with Crippen LogP contribution in [0, 0.1) is 0 Å². The Balaban J connectivity index is 2.47. The lowest BCUT2D eigenvalue weighted by Crippen LogP contribution is -2.04. The SMILES string of the molecule is NC/C=C1/CCCc2ccc(Br)cc21. The lowest BCUT2D eigenvalue weighted by Gasteiger charge is -2.19. The molecule has 0 amide bonds. The van der Waals surface area contributed by atoms with Crippen molar-refractivity contribution < 1.29 is 0 Å². The second-order valence-electron chi connectivity index (χ2n) is 3.62. The number of hydrogen-bond donors (Lipinski definition) is 1. The van der Waals surface area contributed by atoms with Crippen molar-refractivity contribution in [1.82, 2.24) is 0 Å². The molecule has 0 spiro atoms. The summed E-state index contributed by atoms with van der Waals surface area (Å²) >= 11 is 3.51. The van der Waals surface area contributed by atoms with E-state index in [1.165, 1.54) is 36.0 Å². The van der Waals surface area contributed by atoms with Crippen molar-refractivity contribution in [1.29, 1.82) is 0 Å². The number of hydrogen-bond acceptors (Lipinski definition) is 1. The first kappa shape index (κ1) is 9.94. The standard InChI is InChI=1S/C12H14BrN/c13-11-5-4-9-2-1-3-10(6-7-14)12(9)8-11/h4-6,8H,1-3,7,14H2/b10-6-. The van der Waals surface area contributed by atoms with Gasteiger partial charge in [0.25, 0.3) is 0 Å². The smallest absolute Gasteiger partial charge is 0.0181 e. The number of fused-ring (bicyclic) bond motifs is 1. The van der Waals surface area contributed by atoms with Crippen LogP contribution in [0.5, 0.6) is 0 Å². The molecule has 0 heterocycles. The van der Waals surface area contributed by atoms with E-state index in [-0.39, 0.29) is 0 Å². The fraction of sp³-hybridized carbons (Fsp3) is 0.333. The Morgan fingerprint density at radius 1 is 1.36 bits per heavy atom. The maximum absolute atomic E-state index is 5.57. The minimum Gasteiger partial charge on any atom is -0.327 e. The molecule has 2 N–H and O–H groups in total. The topological polar surface area (TPSA) is 26.0 Å². The van der Waals surface area contributed by atoms with E-state index in [1.807, 2.05) is 0 Å². The molecule has 0 aliphatic heterocycles. The third-order valence-corrected chi connectivity index (χ3v) is 3.17. The predicted octanol–water partition coefficient (Wildman–Crippen LogP) is 3.13. The molecule has 2 heteroatoms. The predicted molar refractivity (Wildman–Crippen MR) is 64.1 cm³/mol. The Bertz CT molecular complexity index is 369. The second kappa shape index (κ2) is 4.28. The van der Waals surface area contributed by atoms with E-state index in [0.29, 0.717) is 6.54 Å². The Labute approximate surface area is 93.1 Å². The molecule has 0 atom stereocenters. The highest BCUT2D eigenvalue weighted by molar-refractivity contribution is 9.10. The summed E-state index contributed by atoms with van der Waals surface area (Å²) < 4.78 is 1.15. The van der Waals surface area contributed by atoms with Crippen molar-refractivity contribution in [2.75, 3.05) is 6.54 Å². The molecule has 2 rings (SSSR count). The number of rotatable bonds is 1. The van der Waals surface area contributed by atoms with Gasteiger partial charge in [0, 0.05) is 11.0 Å². The van der Waals surface area contributed by atoms with Crippen molar-refractivity contribution in [2.24, 2.45) is 5.73 Å². The molecule has 0 unspecified atom stereocenters. The molecule has 0 aromatic heterocycles. The summed E-state index contributed by atoms with van der Waals surface area (Å²) in [6, 6.07) is 6.53. The fourth-order valence-electron chi connectivity index (χ4n) is 2.02. The van der Waals surface area contributed by atoms with Crippen LogP contribution in [-0.2, 0) is 6.42 Å². The molecule has 1 aliphatic rings. The van der Waals surface area contributed by atoms with Gasteiger partial charge in [-0.1, -0.05) is 28.1 Å². The Hall–Kier alpha value is -0.600. The zero-order valence-corrected chi connectivity index (χ0v) is 9.68. The molecule has 1 aliphatic carbocycles. The quantitative estimate of drug-likeness (QED) is 0.816.